The molecule has 150 valence electrons. The molecule has 0 unspecified atom stereocenters. The van der Waals surface area contributed by atoms with E-state index in [0.29, 0.717) is 11.3 Å². The van der Waals surface area contributed by atoms with Crippen LogP contribution in [-0.4, -0.2) is 32.8 Å². The van der Waals surface area contributed by atoms with Crippen LogP contribution in [0.3, 0.4) is 0 Å². The number of anilines is 1. The number of ether oxygens (including phenoxy) is 1. The van der Waals surface area contributed by atoms with Crippen molar-refractivity contribution < 1.29 is 17.9 Å². The summed E-state index contributed by atoms with van der Waals surface area (Å²) in [6.45, 7) is 2.01. The van der Waals surface area contributed by atoms with E-state index in [4.69, 9.17) is 4.74 Å². The van der Waals surface area contributed by atoms with Crippen LogP contribution in [0.15, 0.2) is 59.5 Å². The lowest BCUT2D eigenvalue weighted by atomic mass is 10.0. The quantitative estimate of drug-likeness (QED) is 0.696. The van der Waals surface area contributed by atoms with Gasteiger partial charge in [0.05, 0.1) is 17.9 Å². The molecule has 1 aliphatic heterocycles. The number of carbonyl (C=O) groups is 1. The van der Waals surface area contributed by atoms with Crippen LogP contribution < -0.4 is 10.1 Å². The van der Waals surface area contributed by atoms with Crippen molar-refractivity contribution in [1.82, 2.24) is 4.31 Å². The van der Waals surface area contributed by atoms with Gasteiger partial charge in [0.1, 0.15) is 5.75 Å². The topological polar surface area (TPSA) is 75.7 Å². The summed E-state index contributed by atoms with van der Waals surface area (Å²) in [4.78, 5) is 12.0. The SMILES string of the molecule is COc1ccc2cc(CN(C)S(=O)(=O)c3ccc4c(c3)[C@H](C)C(=O)N4)ccc2c1. The first-order valence-corrected chi connectivity index (χ1v) is 10.7. The standard InChI is InChI=1S/C22H22N2O4S/c1-14-20-12-19(8-9-21(20)23-22(14)25)29(26,27)24(2)13-15-4-5-17-11-18(28-3)7-6-16(17)10-15/h4-12,14H,13H2,1-3H3,(H,23,25)/t14-/m0/s1. The van der Waals surface area contributed by atoms with Gasteiger partial charge < -0.3 is 10.1 Å². The van der Waals surface area contributed by atoms with E-state index in [2.05, 4.69) is 5.32 Å². The molecule has 0 fully saturated rings. The van der Waals surface area contributed by atoms with E-state index in [0.717, 1.165) is 22.1 Å². The summed E-state index contributed by atoms with van der Waals surface area (Å²) >= 11 is 0. The lowest BCUT2D eigenvalue weighted by molar-refractivity contribution is -0.116. The number of hydrogen-bond acceptors (Lipinski definition) is 4. The highest BCUT2D eigenvalue weighted by Gasteiger charge is 2.29. The Labute approximate surface area is 170 Å². The van der Waals surface area contributed by atoms with Crippen LogP contribution in [0.4, 0.5) is 5.69 Å². The van der Waals surface area contributed by atoms with Gasteiger partial charge in [0.25, 0.3) is 0 Å². The Morgan fingerprint density at radius 1 is 1.03 bits per heavy atom. The molecular formula is C22H22N2O4S. The van der Waals surface area contributed by atoms with E-state index in [1.165, 1.54) is 10.4 Å². The van der Waals surface area contributed by atoms with Crippen molar-refractivity contribution in [3.63, 3.8) is 0 Å². The van der Waals surface area contributed by atoms with E-state index < -0.39 is 10.0 Å². The molecule has 1 atom stereocenters. The molecule has 6 nitrogen and oxygen atoms in total. The maximum atomic E-state index is 13.1. The van der Waals surface area contributed by atoms with Crippen LogP contribution in [0.1, 0.15) is 24.0 Å². The average Bonchev–Trinajstić information content (AvgIpc) is 3.00. The number of carbonyl (C=O) groups excluding carboxylic acids is 1. The molecule has 29 heavy (non-hydrogen) atoms. The number of nitrogens with one attached hydrogen (secondary N) is 1. The number of nitrogens with zero attached hydrogens (tertiary/aromatic N) is 1. The molecule has 0 saturated heterocycles. The zero-order chi connectivity index (χ0) is 20.8. The van der Waals surface area contributed by atoms with Gasteiger partial charge in [0.15, 0.2) is 0 Å². The molecule has 0 aromatic heterocycles. The summed E-state index contributed by atoms with van der Waals surface area (Å²) in [5.41, 5.74) is 2.28. The molecule has 4 rings (SSSR count). The Bertz CT molecular complexity index is 1220. The summed E-state index contributed by atoms with van der Waals surface area (Å²) in [5, 5.41) is 4.81. The van der Waals surface area contributed by atoms with E-state index in [1.807, 2.05) is 36.4 Å². The van der Waals surface area contributed by atoms with Crippen LogP contribution in [0.5, 0.6) is 5.75 Å². The minimum Gasteiger partial charge on any atom is -0.497 e. The maximum absolute atomic E-state index is 13.1. The minimum absolute atomic E-state index is 0.115. The average molecular weight is 410 g/mol. The third-order valence-electron chi connectivity index (χ3n) is 5.37. The monoisotopic (exact) mass is 410 g/mol. The van der Waals surface area contributed by atoms with Gasteiger partial charge in [0.2, 0.25) is 15.9 Å². The summed E-state index contributed by atoms with van der Waals surface area (Å²) in [6.07, 6.45) is 0. The zero-order valence-corrected chi connectivity index (χ0v) is 17.3. The van der Waals surface area contributed by atoms with Crippen LogP contribution in [0.25, 0.3) is 10.8 Å². The normalized spacial score (nSPS) is 16.1. The molecule has 0 saturated carbocycles. The highest BCUT2D eigenvalue weighted by atomic mass is 32.2. The summed E-state index contributed by atoms with van der Waals surface area (Å²) in [6, 6.07) is 16.4. The molecule has 0 aliphatic carbocycles. The first-order valence-electron chi connectivity index (χ1n) is 9.27. The van der Waals surface area contributed by atoms with Crippen molar-refractivity contribution in [3.8, 4) is 5.75 Å². The lowest BCUT2D eigenvalue weighted by Gasteiger charge is -2.18. The molecular weight excluding hydrogens is 388 g/mol. The predicted molar refractivity (Wildman–Crippen MR) is 113 cm³/mol. The number of rotatable bonds is 5. The molecule has 0 radical (unpaired) electrons. The first-order chi connectivity index (χ1) is 13.8. The number of amides is 1. The predicted octanol–water partition coefficient (Wildman–Crippen LogP) is 3.72. The Kier molecular flexibility index (Phi) is 4.80. The molecule has 1 amide bonds. The Morgan fingerprint density at radius 3 is 2.52 bits per heavy atom. The van der Waals surface area contributed by atoms with Crippen molar-refractivity contribution in [2.45, 2.75) is 24.3 Å². The highest BCUT2D eigenvalue weighted by Crippen LogP contribution is 2.34. The van der Waals surface area contributed by atoms with Crippen molar-refractivity contribution in [3.05, 3.63) is 65.7 Å². The third kappa shape index (κ3) is 3.47. The second-order valence-electron chi connectivity index (χ2n) is 7.27. The maximum Gasteiger partial charge on any atom is 0.243 e. The fraction of sp³-hybridized carbons (Fsp3) is 0.227. The van der Waals surface area contributed by atoms with Gasteiger partial charge in [-0.1, -0.05) is 18.2 Å². The van der Waals surface area contributed by atoms with Gasteiger partial charge >= 0.3 is 0 Å². The third-order valence-corrected chi connectivity index (χ3v) is 7.17. The van der Waals surface area contributed by atoms with Crippen molar-refractivity contribution in [1.29, 1.82) is 0 Å². The van der Waals surface area contributed by atoms with Gasteiger partial charge in [-0.3, -0.25) is 4.79 Å². The van der Waals surface area contributed by atoms with Gasteiger partial charge in [-0.25, -0.2) is 8.42 Å². The van der Waals surface area contributed by atoms with Crippen LogP contribution in [0, 0.1) is 0 Å². The molecule has 3 aromatic carbocycles. The molecule has 0 spiro atoms. The van der Waals surface area contributed by atoms with Crippen LogP contribution >= 0.6 is 0 Å². The fourth-order valence-corrected chi connectivity index (χ4v) is 4.77. The van der Waals surface area contributed by atoms with Gasteiger partial charge in [-0.15, -0.1) is 0 Å². The van der Waals surface area contributed by atoms with E-state index in [-0.39, 0.29) is 23.3 Å². The van der Waals surface area contributed by atoms with Crippen molar-refractivity contribution >= 4 is 32.4 Å². The number of sulfonamides is 1. The smallest absolute Gasteiger partial charge is 0.243 e. The number of benzene rings is 3. The van der Waals surface area contributed by atoms with Gasteiger partial charge in [0, 0.05) is 19.3 Å². The number of fused-ring (bicyclic) bond motifs is 2. The van der Waals surface area contributed by atoms with Crippen molar-refractivity contribution in [2.75, 3.05) is 19.5 Å². The molecule has 1 aliphatic rings. The molecule has 3 aromatic rings. The van der Waals surface area contributed by atoms with E-state index >= 15 is 0 Å². The van der Waals surface area contributed by atoms with Gasteiger partial charge in [-0.05, 0) is 65.2 Å². The molecule has 0 bridgehead atoms. The second kappa shape index (κ2) is 7.17. The summed E-state index contributed by atoms with van der Waals surface area (Å²) in [7, 11) is -0.500. The van der Waals surface area contributed by atoms with E-state index in [9.17, 15) is 13.2 Å². The molecule has 1 N–H and O–H groups in total. The molecule has 1 heterocycles. The van der Waals surface area contributed by atoms with Crippen molar-refractivity contribution in [2.24, 2.45) is 0 Å². The zero-order valence-electron chi connectivity index (χ0n) is 16.5. The minimum atomic E-state index is -3.69. The second-order valence-corrected chi connectivity index (χ2v) is 9.31. The summed E-state index contributed by atoms with van der Waals surface area (Å²) < 4.78 is 32.7. The first kappa shape index (κ1) is 19.4. The molecule has 7 heteroatoms. The highest BCUT2D eigenvalue weighted by molar-refractivity contribution is 7.89. The van der Waals surface area contributed by atoms with Gasteiger partial charge in [-0.2, -0.15) is 4.31 Å². The largest absolute Gasteiger partial charge is 0.497 e. The lowest BCUT2D eigenvalue weighted by Crippen LogP contribution is -2.26. The Hall–Kier alpha value is -2.90. The summed E-state index contributed by atoms with van der Waals surface area (Å²) in [5.74, 6) is 0.308. The van der Waals surface area contributed by atoms with Crippen LogP contribution in [-0.2, 0) is 21.4 Å². The number of hydrogen-bond donors (Lipinski definition) is 1. The Morgan fingerprint density at radius 2 is 1.76 bits per heavy atom. The van der Waals surface area contributed by atoms with Crippen LogP contribution in [0.2, 0.25) is 0 Å². The number of methoxy groups -OCH3 is 1. The Balaban J connectivity index is 1.60. The van der Waals surface area contributed by atoms with E-state index in [1.54, 1.807) is 33.2 Å². The fourth-order valence-electron chi connectivity index (χ4n) is 3.58.